The summed E-state index contributed by atoms with van der Waals surface area (Å²) in [6, 6.07) is 0. The molecule has 0 aromatic carbocycles. The summed E-state index contributed by atoms with van der Waals surface area (Å²) in [7, 11) is 0. The van der Waals surface area contributed by atoms with Gasteiger partial charge < -0.3 is 14.9 Å². The van der Waals surface area contributed by atoms with Gasteiger partial charge >= 0.3 is 5.97 Å². The molecule has 1 saturated carbocycles. The fraction of sp³-hybridized carbons (Fsp3) is 0.700. The Morgan fingerprint density at radius 1 is 1.64 bits per heavy atom. The fourth-order valence-electron chi connectivity index (χ4n) is 2.19. The molecule has 2 N–H and O–H groups in total. The Bertz CT molecular complexity index is 294. The summed E-state index contributed by atoms with van der Waals surface area (Å²) in [5, 5.41) is 19.4. The Kier molecular flexibility index (Phi) is 1.94. The standard InChI is InChI=1S/C10H14O4/c1-5-6-3-8(11)10(2,13)4-7(6)14-9(5)12/h6-8,11,13H,1,3-4H2,2H3/t6-,7-,8-,10+/m1/s1. The van der Waals surface area contributed by atoms with Gasteiger partial charge in [0.2, 0.25) is 0 Å². The number of aliphatic hydroxyl groups excluding tert-OH is 1. The first kappa shape index (κ1) is 9.68. The molecule has 4 atom stereocenters. The molecule has 4 nitrogen and oxygen atoms in total. The maximum atomic E-state index is 11.2. The van der Waals surface area contributed by atoms with Crippen molar-refractivity contribution >= 4 is 5.97 Å². The average molecular weight is 198 g/mol. The topological polar surface area (TPSA) is 66.8 Å². The summed E-state index contributed by atoms with van der Waals surface area (Å²) in [4.78, 5) is 11.2. The molecule has 0 spiro atoms. The van der Waals surface area contributed by atoms with E-state index in [2.05, 4.69) is 6.58 Å². The van der Waals surface area contributed by atoms with Gasteiger partial charge in [0, 0.05) is 17.9 Å². The van der Waals surface area contributed by atoms with Crippen molar-refractivity contribution < 1.29 is 19.7 Å². The monoisotopic (exact) mass is 198 g/mol. The third kappa shape index (κ3) is 1.26. The van der Waals surface area contributed by atoms with Gasteiger partial charge in [0.1, 0.15) is 6.10 Å². The number of esters is 1. The molecule has 14 heavy (non-hydrogen) atoms. The van der Waals surface area contributed by atoms with Gasteiger partial charge in [0.05, 0.1) is 11.7 Å². The minimum Gasteiger partial charge on any atom is -0.458 e. The number of fused-ring (bicyclic) bond motifs is 1. The molecule has 1 aliphatic carbocycles. The molecule has 4 heteroatoms. The molecule has 1 aliphatic heterocycles. The third-order valence-corrected chi connectivity index (χ3v) is 3.23. The highest BCUT2D eigenvalue weighted by Crippen LogP contribution is 2.41. The highest BCUT2D eigenvalue weighted by Gasteiger charge is 2.50. The summed E-state index contributed by atoms with van der Waals surface area (Å²) < 4.78 is 5.05. The van der Waals surface area contributed by atoms with E-state index in [-0.39, 0.29) is 18.4 Å². The van der Waals surface area contributed by atoms with E-state index in [1.165, 1.54) is 0 Å². The molecule has 2 rings (SSSR count). The van der Waals surface area contributed by atoms with Gasteiger partial charge in [-0.3, -0.25) is 0 Å². The SMILES string of the molecule is C=C1C(=O)O[C@@H]2C[C@](C)(O)[C@H](O)C[C@H]12. The molecular weight excluding hydrogens is 184 g/mol. The summed E-state index contributed by atoms with van der Waals surface area (Å²) in [6.07, 6.45) is -0.491. The van der Waals surface area contributed by atoms with Crippen molar-refractivity contribution in [1.82, 2.24) is 0 Å². The first-order valence-electron chi connectivity index (χ1n) is 4.72. The van der Waals surface area contributed by atoms with Crippen LogP contribution in [0.3, 0.4) is 0 Å². The molecule has 2 fully saturated rings. The van der Waals surface area contributed by atoms with Crippen molar-refractivity contribution in [3.8, 4) is 0 Å². The third-order valence-electron chi connectivity index (χ3n) is 3.23. The zero-order valence-corrected chi connectivity index (χ0v) is 8.06. The number of carbonyl (C=O) groups is 1. The quantitative estimate of drug-likeness (QED) is 0.424. The Morgan fingerprint density at radius 3 is 2.93 bits per heavy atom. The van der Waals surface area contributed by atoms with Crippen molar-refractivity contribution in [1.29, 1.82) is 0 Å². The highest BCUT2D eigenvalue weighted by molar-refractivity contribution is 5.90. The van der Waals surface area contributed by atoms with Crippen molar-refractivity contribution in [3.63, 3.8) is 0 Å². The molecule has 0 amide bonds. The van der Waals surface area contributed by atoms with Gasteiger partial charge in [0.15, 0.2) is 0 Å². The maximum absolute atomic E-state index is 11.2. The minimum absolute atomic E-state index is 0.127. The maximum Gasteiger partial charge on any atom is 0.334 e. The molecule has 0 bridgehead atoms. The zero-order chi connectivity index (χ0) is 10.5. The van der Waals surface area contributed by atoms with Gasteiger partial charge in [-0.25, -0.2) is 4.79 Å². The molecule has 1 heterocycles. The smallest absolute Gasteiger partial charge is 0.334 e. The molecule has 2 aliphatic rings. The highest BCUT2D eigenvalue weighted by atomic mass is 16.6. The van der Waals surface area contributed by atoms with Crippen LogP contribution in [0.4, 0.5) is 0 Å². The predicted octanol–water partition coefficient (Wildman–Crippen LogP) is -0.0101. The van der Waals surface area contributed by atoms with Crippen molar-refractivity contribution in [2.75, 3.05) is 0 Å². The lowest BCUT2D eigenvalue weighted by Gasteiger charge is -2.38. The molecule has 0 unspecified atom stereocenters. The number of hydrogen-bond acceptors (Lipinski definition) is 4. The van der Waals surface area contributed by atoms with E-state index in [0.29, 0.717) is 12.0 Å². The molecule has 0 aromatic rings. The van der Waals surface area contributed by atoms with Gasteiger partial charge in [0.25, 0.3) is 0 Å². The molecule has 78 valence electrons. The Hall–Kier alpha value is -0.870. The van der Waals surface area contributed by atoms with E-state index in [0.717, 1.165) is 0 Å². The zero-order valence-electron chi connectivity index (χ0n) is 8.06. The van der Waals surface area contributed by atoms with E-state index in [1.807, 2.05) is 0 Å². The first-order chi connectivity index (χ1) is 6.42. The summed E-state index contributed by atoms with van der Waals surface area (Å²) >= 11 is 0. The normalized spacial score (nSPS) is 47.5. The van der Waals surface area contributed by atoms with Crippen LogP contribution in [0.25, 0.3) is 0 Å². The number of ether oxygens (including phenoxy) is 1. The number of rotatable bonds is 0. The number of carbonyl (C=O) groups excluding carboxylic acids is 1. The van der Waals surface area contributed by atoms with E-state index in [4.69, 9.17) is 4.74 Å². The van der Waals surface area contributed by atoms with Crippen LogP contribution < -0.4 is 0 Å². The minimum atomic E-state index is -1.16. The van der Waals surface area contributed by atoms with Gasteiger partial charge in [-0.2, -0.15) is 0 Å². The van der Waals surface area contributed by atoms with Crippen LogP contribution in [-0.2, 0) is 9.53 Å². The van der Waals surface area contributed by atoms with Gasteiger partial charge in [-0.1, -0.05) is 6.58 Å². The van der Waals surface area contributed by atoms with Crippen molar-refractivity contribution in [3.05, 3.63) is 12.2 Å². The Morgan fingerprint density at radius 2 is 2.29 bits per heavy atom. The van der Waals surface area contributed by atoms with Crippen LogP contribution in [0, 0.1) is 5.92 Å². The van der Waals surface area contributed by atoms with E-state index < -0.39 is 17.7 Å². The molecule has 1 saturated heterocycles. The largest absolute Gasteiger partial charge is 0.458 e. The second-order valence-electron chi connectivity index (χ2n) is 4.39. The van der Waals surface area contributed by atoms with Crippen LogP contribution in [0.2, 0.25) is 0 Å². The summed E-state index contributed by atoms with van der Waals surface area (Å²) in [5.74, 6) is -0.525. The molecular formula is C10H14O4. The lowest BCUT2D eigenvalue weighted by atomic mass is 9.74. The Balaban J connectivity index is 2.22. The van der Waals surface area contributed by atoms with E-state index >= 15 is 0 Å². The molecule has 0 radical (unpaired) electrons. The summed E-state index contributed by atoms with van der Waals surface area (Å²) in [6.45, 7) is 5.19. The second kappa shape index (κ2) is 2.81. The van der Waals surface area contributed by atoms with Crippen LogP contribution in [0.15, 0.2) is 12.2 Å². The lowest BCUT2D eigenvalue weighted by Crippen LogP contribution is -2.49. The van der Waals surface area contributed by atoms with Crippen LogP contribution >= 0.6 is 0 Å². The second-order valence-corrected chi connectivity index (χ2v) is 4.39. The number of aliphatic hydroxyl groups is 2. The van der Waals surface area contributed by atoms with E-state index in [9.17, 15) is 15.0 Å². The summed E-state index contributed by atoms with van der Waals surface area (Å²) in [5.41, 5.74) is -0.740. The van der Waals surface area contributed by atoms with Gasteiger partial charge in [-0.05, 0) is 13.3 Å². The average Bonchev–Trinajstić information content (AvgIpc) is 2.31. The first-order valence-corrected chi connectivity index (χ1v) is 4.72. The van der Waals surface area contributed by atoms with Crippen molar-refractivity contribution in [2.45, 2.75) is 37.6 Å². The van der Waals surface area contributed by atoms with Crippen LogP contribution in [-0.4, -0.2) is 34.0 Å². The van der Waals surface area contributed by atoms with Crippen LogP contribution in [0.5, 0.6) is 0 Å². The number of hydrogen-bond donors (Lipinski definition) is 2. The van der Waals surface area contributed by atoms with Gasteiger partial charge in [-0.15, -0.1) is 0 Å². The Labute approximate surface area is 82.2 Å². The predicted molar refractivity (Wildman–Crippen MR) is 48.4 cm³/mol. The van der Waals surface area contributed by atoms with E-state index in [1.54, 1.807) is 6.92 Å². The van der Waals surface area contributed by atoms with Crippen molar-refractivity contribution in [2.24, 2.45) is 5.92 Å². The lowest BCUT2D eigenvalue weighted by molar-refractivity contribution is -0.152. The fourth-order valence-corrected chi connectivity index (χ4v) is 2.19. The molecule has 0 aromatic heterocycles. The van der Waals surface area contributed by atoms with Crippen LogP contribution in [0.1, 0.15) is 19.8 Å².